The molecule has 8 heteroatoms. The second-order valence-electron chi connectivity index (χ2n) is 8.90. The van der Waals surface area contributed by atoms with E-state index >= 15 is 0 Å². The van der Waals surface area contributed by atoms with Crippen LogP contribution < -0.4 is 10.2 Å². The van der Waals surface area contributed by atoms with Crippen LogP contribution in [-0.4, -0.2) is 65.8 Å². The molecule has 1 saturated heterocycles. The van der Waals surface area contributed by atoms with E-state index in [0.717, 1.165) is 19.3 Å². The van der Waals surface area contributed by atoms with Gasteiger partial charge in [0.25, 0.3) is 5.91 Å². The summed E-state index contributed by atoms with van der Waals surface area (Å²) in [5, 5.41) is 2.73. The molecule has 5 rings (SSSR count). The molecular weight excluding hydrogens is 408 g/mol. The zero-order valence-electron chi connectivity index (χ0n) is 18.3. The fourth-order valence-corrected chi connectivity index (χ4v) is 4.58. The molecule has 168 valence electrons. The van der Waals surface area contributed by atoms with Crippen molar-refractivity contribution >= 4 is 23.4 Å². The van der Waals surface area contributed by atoms with Gasteiger partial charge in [0.05, 0.1) is 18.4 Å². The van der Waals surface area contributed by atoms with Crippen molar-refractivity contribution in [2.45, 2.75) is 44.8 Å². The van der Waals surface area contributed by atoms with Crippen LogP contribution >= 0.6 is 0 Å². The highest BCUT2D eigenvalue weighted by Crippen LogP contribution is 2.33. The molecule has 32 heavy (non-hydrogen) atoms. The lowest BCUT2D eigenvalue weighted by Crippen LogP contribution is -2.54. The Bertz CT molecular complexity index is 1040. The van der Waals surface area contributed by atoms with Crippen LogP contribution in [0.2, 0.25) is 0 Å². The Balaban J connectivity index is 1.22. The summed E-state index contributed by atoms with van der Waals surface area (Å²) in [7, 11) is 0. The quantitative estimate of drug-likeness (QED) is 0.739. The van der Waals surface area contributed by atoms with Crippen LogP contribution in [0.5, 0.6) is 0 Å². The maximum Gasteiger partial charge on any atom is 0.312 e. The van der Waals surface area contributed by atoms with E-state index < -0.39 is 11.8 Å². The van der Waals surface area contributed by atoms with Gasteiger partial charge < -0.3 is 24.4 Å². The Morgan fingerprint density at radius 2 is 1.75 bits per heavy atom. The second-order valence-corrected chi connectivity index (χ2v) is 8.90. The number of nitrogens with zero attached hydrogens (tertiary/aromatic N) is 3. The zero-order chi connectivity index (χ0) is 22.2. The van der Waals surface area contributed by atoms with Gasteiger partial charge in [0.1, 0.15) is 5.76 Å². The number of hydrogen-bond acceptors (Lipinski definition) is 5. The molecule has 1 N–H and O–H groups in total. The molecule has 0 spiro atoms. The van der Waals surface area contributed by atoms with E-state index in [9.17, 15) is 14.4 Å². The molecule has 0 bridgehead atoms. The van der Waals surface area contributed by atoms with Crippen molar-refractivity contribution in [2.24, 2.45) is 0 Å². The average Bonchev–Trinajstić information content (AvgIpc) is 3.40. The molecule has 1 aliphatic carbocycles. The van der Waals surface area contributed by atoms with Crippen molar-refractivity contribution < 1.29 is 18.8 Å². The Hall–Kier alpha value is -3.29. The van der Waals surface area contributed by atoms with Gasteiger partial charge in [-0.25, -0.2) is 0 Å². The van der Waals surface area contributed by atoms with E-state index in [1.165, 1.54) is 16.2 Å². The Morgan fingerprint density at radius 1 is 1.03 bits per heavy atom. The number of rotatable bonds is 4. The van der Waals surface area contributed by atoms with Crippen LogP contribution in [0.1, 0.15) is 41.4 Å². The lowest BCUT2D eigenvalue weighted by atomic mass is 10.1. The molecule has 3 heterocycles. The number of carbonyl (C=O) groups is 3. The highest BCUT2D eigenvalue weighted by molar-refractivity contribution is 6.35. The largest absolute Gasteiger partial charge is 0.467 e. The standard InChI is InChI=1S/C24H28N4O4/c1-16-14-17-4-2-3-5-20(17)28(16)15-21-19(8-13-32-21)23(30)26-9-11-27(12-10-26)24(31)22(29)25-18-6-7-18/h2-5,8,13,16,18H,6-7,9-12,14-15H2,1H3,(H,25,29). The summed E-state index contributed by atoms with van der Waals surface area (Å²) in [5.74, 6) is -0.483. The molecule has 2 aliphatic heterocycles. The fraction of sp³-hybridized carbons (Fsp3) is 0.458. The summed E-state index contributed by atoms with van der Waals surface area (Å²) in [6.45, 7) is 4.22. The van der Waals surface area contributed by atoms with E-state index in [1.54, 1.807) is 17.2 Å². The van der Waals surface area contributed by atoms with Crippen LogP contribution in [0.25, 0.3) is 0 Å². The average molecular weight is 437 g/mol. The van der Waals surface area contributed by atoms with E-state index in [0.29, 0.717) is 50.1 Å². The van der Waals surface area contributed by atoms with Gasteiger partial charge in [0.15, 0.2) is 0 Å². The van der Waals surface area contributed by atoms with Crippen molar-refractivity contribution in [2.75, 3.05) is 31.1 Å². The molecular formula is C24H28N4O4. The zero-order valence-corrected chi connectivity index (χ0v) is 18.3. The minimum Gasteiger partial charge on any atom is -0.467 e. The number of amides is 3. The first-order chi connectivity index (χ1) is 15.5. The SMILES string of the molecule is CC1Cc2ccccc2N1Cc1occc1C(=O)N1CCN(C(=O)C(=O)NC2CC2)CC1. The monoisotopic (exact) mass is 436 g/mol. The Morgan fingerprint density at radius 3 is 2.50 bits per heavy atom. The smallest absolute Gasteiger partial charge is 0.312 e. The number of anilines is 1. The summed E-state index contributed by atoms with van der Waals surface area (Å²) in [5.41, 5.74) is 3.06. The lowest BCUT2D eigenvalue weighted by Gasteiger charge is -2.34. The summed E-state index contributed by atoms with van der Waals surface area (Å²) in [4.78, 5) is 43.1. The summed E-state index contributed by atoms with van der Waals surface area (Å²) < 4.78 is 5.73. The maximum absolute atomic E-state index is 13.2. The maximum atomic E-state index is 13.2. The minimum absolute atomic E-state index is 0.0941. The van der Waals surface area contributed by atoms with Crippen molar-refractivity contribution in [1.82, 2.24) is 15.1 Å². The lowest BCUT2D eigenvalue weighted by molar-refractivity contribution is -0.146. The molecule has 2 fully saturated rings. The van der Waals surface area contributed by atoms with Gasteiger partial charge in [-0.15, -0.1) is 0 Å². The Labute approximate surface area is 187 Å². The number of furan rings is 1. The van der Waals surface area contributed by atoms with Gasteiger partial charge in [0, 0.05) is 44.0 Å². The van der Waals surface area contributed by atoms with Gasteiger partial charge in [0.2, 0.25) is 0 Å². The molecule has 1 unspecified atom stereocenters. The van der Waals surface area contributed by atoms with Crippen molar-refractivity contribution in [1.29, 1.82) is 0 Å². The van der Waals surface area contributed by atoms with E-state index in [4.69, 9.17) is 4.42 Å². The van der Waals surface area contributed by atoms with Gasteiger partial charge in [-0.3, -0.25) is 14.4 Å². The third-order valence-corrected chi connectivity index (χ3v) is 6.60. The molecule has 1 atom stereocenters. The van der Waals surface area contributed by atoms with Crippen LogP contribution in [0.3, 0.4) is 0 Å². The molecule has 1 aromatic carbocycles. The van der Waals surface area contributed by atoms with Crippen LogP contribution in [0.4, 0.5) is 5.69 Å². The van der Waals surface area contributed by atoms with Gasteiger partial charge >= 0.3 is 11.8 Å². The number of piperazine rings is 1. The first kappa shape index (κ1) is 20.6. The van der Waals surface area contributed by atoms with E-state index in [1.807, 2.05) is 6.07 Å². The Kier molecular flexibility index (Phi) is 5.36. The molecule has 0 radical (unpaired) electrons. The number of benzene rings is 1. The predicted octanol–water partition coefficient (Wildman–Crippen LogP) is 1.79. The van der Waals surface area contributed by atoms with Crippen molar-refractivity contribution in [3.8, 4) is 0 Å². The first-order valence-corrected chi connectivity index (χ1v) is 11.3. The third kappa shape index (κ3) is 3.97. The topological polar surface area (TPSA) is 86.1 Å². The molecule has 1 aromatic heterocycles. The van der Waals surface area contributed by atoms with Crippen LogP contribution in [0, 0.1) is 0 Å². The number of carbonyl (C=O) groups excluding carboxylic acids is 3. The normalized spacial score (nSPS) is 20.3. The van der Waals surface area contributed by atoms with E-state index in [-0.39, 0.29) is 11.9 Å². The molecule has 3 amide bonds. The minimum atomic E-state index is -0.538. The fourth-order valence-electron chi connectivity index (χ4n) is 4.58. The molecule has 2 aromatic rings. The molecule has 8 nitrogen and oxygen atoms in total. The third-order valence-electron chi connectivity index (χ3n) is 6.60. The van der Waals surface area contributed by atoms with Crippen molar-refractivity contribution in [3.05, 3.63) is 53.5 Å². The van der Waals surface area contributed by atoms with Crippen LogP contribution in [-0.2, 0) is 22.6 Å². The van der Waals surface area contributed by atoms with Gasteiger partial charge in [-0.1, -0.05) is 18.2 Å². The van der Waals surface area contributed by atoms with E-state index in [2.05, 4.69) is 35.3 Å². The molecule has 1 saturated carbocycles. The first-order valence-electron chi connectivity index (χ1n) is 11.3. The number of fused-ring (bicyclic) bond motifs is 1. The number of hydrogen-bond donors (Lipinski definition) is 1. The van der Waals surface area contributed by atoms with Gasteiger partial charge in [-0.05, 0) is 43.9 Å². The van der Waals surface area contributed by atoms with Crippen molar-refractivity contribution in [3.63, 3.8) is 0 Å². The van der Waals surface area contributed by atoms with Gasteiger partial charge in [-0.2, -0.15) is 0 Å². The highest BCUT2D eigenvalue weighted by Gasteiger charge is 2.33. The number of nitrogens with one attached hydrogen (secondary N) is 1. The highest BCUT2D eigenvalue weighted by atomic mass is 16.3. The van der Waals surface area contributed by atoms with Crippen LogP contribution in [0.15, 0.2) is 41.0 Å². The summed E-state index contributed by atoms with van der Waals surface area (Å²) in [6.07, 6.45) is 4.42. The number of para-hydroxylation sites is 1. The predicted molar refractivity (Wildman–Crippen MR) is 118 cm³/mol. The second kappa shape index (κ2) is 8.33. The summed E-state index contributed by atoms with van der Waals surface area (Å²) in [6, 6.07) is 10.5. The summed E-state index contributed by atoms with van der Waals surface area (Å²) >= 11 is 0. The molecule has 3 aliphatic rings.